The Morgan fingerprint density at radius 1 is 1.18 bits per heavy atom. The average Bonchev–Trinajstić information content (AvgIpc) is 2.32. The second-order valence-electron chi connectivity index (χ2n) is 5.11. The maximum Gasteiger partial charge on any atom is 0.135 e. The summed E-state index contributed by atoms with van der Waals surface area (Å²) in [5.74, 6) is 0.411. The highest BCUT2D eigenvalue weighted by atomic mass is 16.1. The van der Waals surface area contributed by atoms with Gasteiger partial charge in [-0.1, -0.05) is 23.8 Å². The summed E-state index contributed by atoms with van der Waals surface area (Å²) >= 11 is 0. The molecule has 0 aromatic heterocycles. The number of hydrogen-bond acceptors (Lipinski definition) is 2. The quantitative estimate of drug-likeness (QED) is 0.779. The van der Waals surface area contributed by atoms with Crippen LogP contribution in [-0.4, -0.2) is 23.8 Å². The van der Waals surface area contributed by atoms with Crippen LogP contribution in [0.4, 0.5) is 0 Å². The van der Waals surface area contributed by atoms with Gasteiger partial charge in [0.1, 0.15) is 5.78 Å². The summed E-state index contributed by atoms with van der Waals surface area (Å²) < 4.78 is 0. The van der Waals surface area contributed by atoms with E-state index in [1.165, 1.54) is 16.7 Å². The standard InChI is InChI=1S/C15H21NO/c1-11-4-5-12(2)15(10-11)13(3)16-8-6-14(17)7-9-16/h4-5,10,13H,6-9H2,1-3H3. The number of hydrogen-bond donors (Lipinski definition) is 0. The number of likely N-dealkylation sites (tertiary alicyclic amines) is 1. The van der Waals surface area contributed by atoms with Crippen molar-refractivity contribution < 1.29 is 4.79 Å². The molecule has 0 aliphatic carbocycles. The molecule has 17 heavy (non-hydrogen) atoms. The number of nitrogens with zero attached hydrogens (tertiary/aromatic N) is 1. The summed E-state index contributed by atoms with van der Waals surface area (Å²) in [6.07, 6.45) is 1.43. The third-order valence-electron chi connectivity index (χ3n) is 3.79. The lowest BCUT2D eigenvalue weighted by molar-refractivity contribution is -0.121. The number of carbonyl (C=O) groups is 1. The number of rotatable bonds is 2. The molecule has 0 radical (unpaired) electrons. The zero-order valence-electron chi connectivity index (χ0n) is 11.0. The molecule has 1 unspecified atom stereocenters. The van der Waals surface area contributed by atoms with Crippen molar-refractivity contribution in [1.82, 2.24) is 4.90 Å². The third-order valence-corrected chi connectivity index (χ3v) is 3.79. The summed E-state index contributed by atoms with van der Waals surface area (Å²) in [4.78, 5) is 13.7. The molecule has 1 aliphatic rings. The molecule has 1 fully saturated rings. The molecule has 2 heteroatoms. The molecule has 1 aromatic rings. The van der Waals surface area contributed by atoms with Crippen LogP contribution < -0.4 is 0 Å². The zero-order chi connectivity index (χ0) is 12.4. The van der Waals surface area contributed by atoms with Crippen molar-refractivity contribution >= 4 is 5.78 Å². The predicted molar refractivity (Wildman–Crippen MR) is 70.1 cm³/mol. The van der Waals surface area contributed by atoms with Crippen molar-refractivity contribution in [1.29, 1.82) is 0 Å². The minimum atomic E-state index is 0.411. The summed E-state index contributed by atoms with van der Waals surface area (Å²) in [6.45, 7) is 8.37. The molecule has 2 rings (SSSR count). The van der Waals surface area contributed by atoms with E-state index in [9.17, 15) is 4.79 Å². The Hall–Kier alpha value is -1.15. The normalized spacial score (nSPS) is 19.4. The Bertz CT molecular complexity index is 415. The van der Waals surface area contributed by atoms with Crippen molar-refractivity contribution in [2.45, 2.75) is 39.7 Å². The van der Waals surface area contributed by atoms with Gasteiger partial charge in [0.15, 0.2) is 0 Å². The summed E-state index contributed by atoms with van der Waals surface area (Å²) in [5, 5.41) is 0. The summed E-state index contributed by atoms with van der Waals surface area (Å²) in [5.41, 5.74) is 4.06. The Labute approximate surface area is 104 Å². The van der Waals surface area contributed by atoms with Crippen LogP contribution in [0.25, 0.3) is 0 Å². The van der Waals surface area contributed by atoms with Crippen LogP contribution in [0.3, 0.4) is 0 Å². The monoisotopic (exact) mass is 231 g/mol. The van der Waals surface area contributed by atoms with E-state index in [2.05, 4.69) is 43.9 Å². The first-order valence-corrected chi connectivity index (χ1v) is 6.41. The highest BCUT2D eigenvalue weighted by Crippen LogP contribution is 2.26. The van der Waals surface area contributed by atoms with Gasteiger partial charge in [0, 0.05) is 32.0 Å². The van der Waals surface area contributed by atoms with Gasteiger partial charge in [-0.15, -0.1) is 0 Å². The highest BCUT2D eigenvalue weighted by Gasteiger charge is 2.22. The van der Waals surface area contributed by atoms with Gasteiger partial charge < -0.3 is 0 Å². The van der Waals surface area contributed by atoms with Crippen LogP contribution in [0.2, 0.25) is 0 Å². The molecule has 0 bridgehead atoms. The van der Waals surface area contributed by atoms with Gasteiger partial charge in [0.2, 0.25) is 0 Å². The number of Topliss-reactive ketones (excluding diaryl/α,β-unsaturated/α-hetero) is 1. The van der Waals surface area contributed by atoms with Crippen molar-refractivity contribution in [2.75, 3.05) is 13.1 Å². The molecule has 1 atom stereocenters. The van der Waals surface area contributed by atoms with Gasteiger partial charge in [0.05, 0.1) is 0 Å². The Balaban J connectivity index is 2.16. The molecule has 0 saturated carbocycles. The van der Waals surface area contributed by atoms with Crippen LogP contribution in [0.5, 0.6) is 0 Å². The SMILES string of the molecule is Cc1ccc(C)c(C(C)N2CCC(=O)CC2)c1. The smallest absolute Gasteiger partial charge is 0.135 e. The Kier molecular flexibility index (Phi) is 3.63. The fourth-order valence-electron chi connectivity index (χ4n) is 2.57. The largest absolute Gasteiger partial charge is 0.300 e. The van der Waals surface area contributed by atoms with E-state index in [4.69, 9.17) is 0 Å². The highest BCUT2D eigenvalue weighted by molar-refractivity contribution is 5.79. The minimum Gasteiger partial charge on any atom is -0.300 e. The first-order chi connectivity index (χ1) is 8.08. The third kappa shape index (κ3) is 2.75. The second-order valence-corrected chi connectivity index (χ2v) is 5.11. The average molecular weight is 231 g/mol. The van der Waals surface area contributed by atoms with Gasteiger partial charge in [-0.2, -0.15) is 0 Å². The number of aryl methyl sites for hydroxylation is 2. The zero-order valence-corrected chi connectivity index (χ0v) is 11.0. The van der Waals surface area contributed by atoms with Gasteiger partial charge in [-0.05, 0) is 31.9 Å². The van der Waals surface area contributed by atoms with Crippen molar-refractivity contribution in [2.24, 2.45) is 0 Å². The number of carbonyl (C=O) groups excluding carboxylic acids is 1. The summed E-state index contributed by atoms with van der Waals surface area (Å²) in [6, 6.07) is 7.04. The van der Waals surface area contributed by atoms with Crippen LogP contribution in [0.1, 0.15) is 42.5 Å². The molecule has 1 heterocycles. The van der Waals surface area contributed by atoms with Crippen molar-refractivity contribution in [3.8, 4) is 0 Å². The lowest BCUT2D eigenvalue weighted by atomic mass is 9.97. The van der Waals surface area contributed by atoms with E-state index < -0.39 is 0 Å². The fourth-order valence-corrected chi connectivity index (χ4v) is 2.57. The predicted octanol–water partition coefficient (Wildman–Crippen LogP) is 3.03. The molecule has 0 amide bonds. The van der Waals surface area contributed by atoms with Crippen LogP contribution >= 0.6 is 0 Å². The first-order valence-electron chi connectivity index (χ1n) is 6.41. The first kappa shape index (κ1) is 12.3. The van der Waals surface area contributed by atoms with Gasteiger partial charge in [-0.3, -0.25) is 9.69 Å². The molecule has 0 N–H and O–H groups in total. The van der Waals surface area contributed by atoms with E-state index in [0.717, 1.165) is 25.9 Å². The van der Waals surface area contributed by atoms with E-state index in [-0.39, 0.29) is 0 Å². The van der Waals surface area contributed by atoms with Gasteiger partial charge in [0.25, 0.3) is 0 Å². The van der Waals surface area contributed by atoms with E-state index >= 15 is 0 Å². The lowest BCUT2D eigenvalue weighted by Gasteiger charge is -2.33. The Morgan fingerprint density at radius 3 is 2.47 bits per heavy atom. The molecular weight excluding hydrogens is 210 g/mol. The molecule has 1 saturated heterocycles. The van der Waals surface area contributed by atoms with E-state index in [1.54, 1.807) is 0 Å². The van der Waals surface area contributed by atoms with Gasteiger partial charge >= 0.3 is 0 Å². The molecule has 0 spiro atoms. The van der Waals surface area contributed by atoms with Crippen molar-refractivity contribution in [3.05, 3.63) is 34.9 Å². The molecule has 92 valence electrons. The molecule has 1 aliphatic heterocycles. The maximum absolute atomic E-state index is 11.3. The maximum atomic E-state index is 11.3. The van der Waals surface area contributed by atoms with Crippen molar-refractivity contribution in [3.63, 3.8) is 0 Å². The number of ketones is 1. The van der Waals surface area contributed by atoms with E-state index in [1.807, 2.05) is 0 Å². The van der Waals surface area contributed by atoms with Crippen LogP contribution in [-0.2, 0) is 4.79 Å². The van der Waals surface area contributed by atoms with Crippen LogP contribution in [0, 0.1) is 13.8 Å². The summed E-state index contributed by atoms with van der Waals surface area (Å²) in [7, 11) is 0. The molecule has 2 nitrogen and oxygen atoms in total. The number of piperidine rings is 1. The fraction of sp³-hybridized carbons (Fsp3) is 0.533. The molecular formula is C15H21NO. The number of benzene rings is 1. The Morgan fingerprint density at radius 2 is 1.82 bits per heavy atom. The second kappa shape index (κ2) is 5.01. The minimum absolute atomic E-state index is 0.411. The van der Waals surface area contributed by atoms with Crippen LogP contribution in [0.15, 0.2) is 18.2 Å². The van der Waals surface area contributed by atoms with Gasteiger partial charge in [-0.25, -0.2) is 0 Å². The lowest BCUT2D eigenvalue weighted by Crippen LogP contribution is -2.36. The van der Waals surface area contributed by atoms with E-state index in [0.29, 0.717) is 11.8 Å². The molecule has 1 aromatic carbocycles. The topological polar surface area (TPSA) is 20.3 Å².